The molecule has 0 spiro atoms. The van der Waals surface area contributed by atoms with Crippen molar-refractivity contribution < 1.29 is 14.2 Å². The second-order valence-corrected chi connectivity index (χ2v) is 8.87. The van der Waals surface area contributed by atoms with Gasteiger partial charge in [-0.3, -0.25) is 0 Å². The Hall–Kier alpha value is -0.200. The largest absolute Gasteiger partial charge is 0.330 e. The average molecular weight is 431 g/mol. The molecule has 0 aliphatic carbocycles. The minimum Gasteiger partial charge on any atom is -0.330 e. The van der Waals surface area contributed by atoms with Crippen molar-refractivity contribution in [3.05, 3.63) is 0 Å². The van der Waals surface area contributed by atoms with Crippen LogP contribution in [0.3, 0.4) is 0 Å². The van der Waals surface area contributed by atoms with Gasteiger partial charge in [0.25, 0.3) is 5.97 Å². The third-order valence-electron chi connectivity index (χ3n) is 6.70. The molecule has 0 aromatic carbocycles. The molecule has 0 aliphatic heterocycles. The molecule has 30 heavy (non-hydrogen) atoms. The van der Waals surface area contributed by atoms with Gasteiger partial charge in [-0.1, -0.05) is 90.4 Å². The molecule has 0 aromatic heterocycles. The first kappa shape index (κ1) is 29.8. The topological polar surface area (TPSA) is 79.7 Å². The van der Waals surface area contributed by atoms with Crippen LogP contribution < -0.4 is 11.5 Å². The van der Waals surface area contributed by atoms with Crippen LogP contribution >= 0.6 is 0 Å². The minimum atomic E-state index is -1.01. The van der Waals surface area contributed by atoms with E-state index in [0.29, 0.717) is 6.54 Å². The molecule has 0 heterocycles. The van der Waals surface area contributed by atoms with Crippen LogP contribution in [0.5, 0.6) is 0 Å². The quantitative estimate of drug-likeness (QED) is 0.150. The fraction of sp³-hybridized carbons (Fsp3) is 1.00. The highest BCUT2D eigenvalue weighted by molar-refractivity contribution is 4.89. The summed E-state index contributed by atoms with van der Waals surface area (Å²) in [5, 5.41) is 0. The van der Waals surface area contributed by atoms with Gasteiger partial charge in [0.05, 0.1) is 5.41 Å². The van der Waals surface area contributed by atoms with Gasteiger partial charge in [-0.25, -0.2) is 0 Å². The number of ether oxygens (including phenoxy) is 3. The van der Waals surface area contributed by atoms with Crippen molar-refractivity contribution in [1.82, 2.24) is 0 Å². The van der Waals surface area contributed by atoms with Gasteiger partial charge in [0, 0.05) is 21.3 Å². The van der Waals surface area contributed by atoms with E-state index in [9.17, 15) is 0 Å². The van der Waals surface area contributed by atoms with E-state index in [1.807, 2.05) is 0 Å². The van der Waals surface area contributed by atoms with E-state index in [2.05, 4.69) is 6.92 Å². The standard InChI is InChI=1S/C25H54N2O3/c1-5-6-7-13-16-19-24(21-23-27,25(28-2,29-3)30-4)20-17-14-11-9-8-10-12-15-18-22-26/h5-23,26-27H2,1-4H3. The van der Waals surface area contributed by atoms with Crippen LogP contribution in [0.25, 0.3) is 0 Å². The van der Waals surface area contributed by atoms with E-state index >= 15 is 0 Å². The highest BCUT2D eigenvalue weighted by Gasteiger charge is 2.52. The van der Waals surface area contributed by atoms with Gasteiger partial charge >= 0.3 is 0 Å². The Morgan fingerprint density at radius 2 is 0.900 bits per heavy atom. The maximum atomic E-state index is 6.07. The predicted molar refractivity (Wildman–Crippen MR) is 128 cm³/mol. The van der Waals surface area contributed by atoms with Gasteiger partial charge in [-0.05, 0) is 38.8 Å². The molecule has 0 aromatic rings. The first-order valence-electron chi connectivity index (χ1n) is 12.7. The third kappa shape index (κ3) is 10.9. The molecule has 0 bridgehead atoms. The smallest absolute Gasteiger partial charge is 0.288 e. The summed E-state index contributed by atoms with van der Waals surface area (Å²) in [5.41, 5.74) is 11.4. The molecule has 0 amide bonds. The molecular weight excluding hydrogens is 376 g/mol. The summed E-state index contributed by atoms with van der Waals surface area (Å²) < 4.78 is 17.6. The van der Waals surface area contributed by atoms with Crippen molar-refractivity contribution in [1.29, 1.82) is 0 Å². The van der Waals surface area contributed by atoms with E-state index < -0.39 is 5.97 Å². The highest BCUT2D eigenvalue weighted by atomic mass is 16.9. The first-order chi connectivity index (χ1) is 14.6. The molecule has 0 radical (unpaired) electrons. The molecule has 4 N–H and O–H groups in total. The zero-order chi connectivity index (χ0) is 22.6. The zero-order valence-electron chi connectivity index (χ0n) is 20.8. The van der Waals surface area contributed by atoms with E-state index in [0.717, 1.165) is 25.8 Å². The Kier molecular flexibility index (Phi) is 19.4. The molecule has 1 atom stereocenters. The maximum Gasteiger partial charge on any atom is 0.288 e. The molecule has 182 valence electrons. The second-order valence-electron chi connectivity index (χ2n) is 8.87. The van der Waals surface area contributed by atoms with Crippen molar-refractivity contribution in [2.45, 2.75) is 122 Å². The first-order valence-corrected chi connectivity index (χ1v) is 12.7. The van der Waals surface area contributed by atoms with Crippen LogP contribution in [0.15, 0.2) is 0 Å². The summed E-state index contributed by atoms with van der Waals surface area (Å²) in [6.45, 7) is 3.70. The van der Waals surface area contributed by atoms with Gasteiger partial charge in [0.2, 0.25) is 0 Å². The summed E-state index contributed by atoms with van der Waals surface area (Å²) in [6.07, 6.45) is 20.7. The molecule has 0 fully saturated rings. The van der Waals surface area contributed by atoms with Crippen LogP contribution in [0.2, 0.25) is 0 Å². The van der Waals surface area contributed by atoms with Crippen LogP contribution in [0.1, 0.15) is 116 Å². The summed E-state index contributed by atoms with van der Waals surface area (Å²) in [4.78, 5) is 0. The summed E-state index contributed by atoms with van der Waals surface area (Å²) in [6, 6.07) is 0. The molecule has 0 saturated carbocycles. The van der Waals surface area contributed by atoms with Gasteiger partial charge in [0.15, 0.2) is 0 Å². The van der Waals surface area contributed by atoms with Crippen LogP contribution in [0, 0.1) is 5.41 Å². The third-order valence-corrected chi connectivity index (χ3v) is 6.70. The fourth-order valence-corrected chi connectivity index (χ4v) is 4.92. The fourth-order valence-electron chi connectivity index (χ4n) is 4.92. The normalized spacial score (nSPS) is 14.2. The molecule has 0 rings (SSSR count). The lowest BCUT2D eigenvalue weighted by atomic mass is 9.72. The van der Waals surface area contributed by atoms with Gasteiger partial charge in [0.1, 0.15) is 0 Å². The molecular formula is C25H54N2O3. The zero-order valence-corrected chi connectivity index (χ0v) is 20.8. The number of unbranched alkanes of at least 4 members (excludes halogenated alkanes) is 12. The van der Waals surface area contributed by atoms with Crippen LogP contribution in [-0.4, -0.2) is 40.4 Å². The summed E-state index contributed by atoms with van der Waals surface area (Å²) in [7, 11) is 5.08. The lowest BCUT2D eigenvalue weighted by molar-refractivity contribution is -0.411. The van der Waals surface area contributed by atoms with Crippen molar-refractivity contribution in [2.75, 3.05) is 34.4 Å². The predicted octanol–water partition coefficient (Wildman–Crippen LogP) is 6.13. The minimum absolute atomic E-state index is 0.200. The second kappa shape index (κ2) is 19.5. The molecule has 1 unspecified atom stereocenters. The highest BCUT2D eigenvalue weighted by Crippen LogP contribution is 2.47. The summed E-state index contributed by atoms with van der Waals surface area (Å²) >= 11 is 0. The molecule has 5 heteroatoms. The Morgan fingerprint density at radius 3 is 1.27 bits per heavy atom. The van der Waals surface area contributed by atoms with E-state index in [1.54, 1.807) is 21.3 Å². The van der Waals surface area contributed by atoms with Crippen molar-refractivity contribution in [3.8, 4) is 0 Å². The molecule has 0 aliphatic rings. The van der Waals surface area contributed by atoms with E-state index in [-0.39, 0.29) is 5.41 Å². The number of hydrogen-bond donors (Lipinski definition) is 2. The van der Waals surface area contributed by atoms with Crippen molar-refractivity contribution >= 4 is 0 Å². The SMILES string of the molecule is CCCCCCCC(CCN)(CCCCCCCCCCCN)C(OC)(OC)OC. The maximum absolute atomic E-state index is 6.07. The van der Waals surface area contributed by atoms with Crippen molar-refractivity contribution in [3.63, 3.8) is 0 Å². The molecule has 0 saturated heterocycles. The lowest BCUT2D eigenvalue weighted by Gasteiger charge is -2.47. The Bertz CT molecular complexity index is 356. The number of hydrogen-bond acceptors (Lipinski definition) is 5. The van der Waals surface area contributed by atoms with Crippen molar-refractivity contribution in [2.24, 2.45) is 16.9 Å². The Labute approximate surface area is 188 Å². The Balaban J connectivity index is 4.70. The van der Waals surface area contributed by atoms with Gasteiger partial charge in [-0.2, -0.15) is 0 Å². The summed E-state index contributed by atoms with van der Waals surface area (Å²) in [5.74, 6) is -1.01. The monoisotopic (exact) mass is 430 g/mol. The number of methoxy groups -OCH3 is 3. The van der Waals surface area contributed by atoms with E-state index in [1.165, 1.54) is 89.9 Å². The van der Waals surface area contributed by atoms with Gasteiger partial charge in [-0.15, -0.1) is 0 Å². The Morgan fingerprint density at radius 1 is 0.500 bits per heavy atom. The number of nitrogens with two attached hydrogens (primary N) is 2. The lowest BCUT2D eigenvalue weighted by Crippen LogP contribution is -2.54. The van der Waals surface area contributed by atoms with Gasteiger partial charge < -0.3 is 25.7 Å². The van der Waals surface area contributed by atoms with Crippen LogP contribution in [0.4, 0.5) is 0 Å². The average Bonchev–Trinajstić information content (AvgIpc) is 2.76. The number of rotatable bonds is 23. The van der Waals surface area contributed by atoms with E-state index in [4.69, 9.17) is 25.7 Å². The van der Waals surface area contributed by atoms with Crippen LogP contribution in [-0.2, 0) is 14.2 Å². The molecule has 5 nitrogen and oxygen atoms in total.